The van der Waals surface area contributed by atoms with Crippen molar-refractivity contribution in [2.75, 3.05) is 46.0 Å². The molecule has 1 N–H and O–H groups in total. The van der Waals surface area contributed by atoms with Gasteiger partial charge in [0.25, 0.3) is 0 Å². The Balaban J connectivity index is 1.40. The van der Waals surface area contributed by atoms with Crippen LogP contribution in [0.4, 0.5) is 11.4 Å². The van der Waals surface area contributed by atoms with Crippen molar-refractivity contribution >= 4 is 69.7 Å². The summed E-state index contributed by atoms with van der Waals surface area (Å²) >= 11 is 25.4. The molecule has 3 aromatic rings. The Morgan fingerprint density at radius 2 is 1.37 bits per heavy atom. The highest BCUT2D eigenvalue weighted by molar-refractivity contribution is 6.38. The van der Waals surface area contributed by atoms with E-state index in [4.69, 9.17) is 65.4 Å². The number of carbonyl (C=O) groups is 2. The fraction of sp³-hybridized carbons (Fsp3) is 0.310. The summed E-state index contributed by atoms with van der Waals surface area (Å²) in [7, 11) is 2.66. The van der Waals surface area contributed by atoms with E-state index in [0.717, 1.165) is 5.56 Å². The van der Waals surface area contributed by atoms with Crippen LogP contribution in [0.1, 0.15) is 28.8 Å². The highest BCUT2D eigenvalue weighted by Gasteiger charge is 2.15. The lowest BCUT2D eigenvalue weighted by atomic mass is 10.1. The van der Waals surface area contributed by atoms with Gasteiger partial charge >= 0.3 is 11.9 Å². The van der Waals surface area contributed by atoms with Gasteiger partial charge in [-0.15, -0.1) is 0 Å². The smallest absolute Gasteiger partial charge is 0.339 e. The van der Waals surface area contributed by atoms with Crippen LogP contribution >= 0.6 is 46.4 Å². The first-order valence-electron chi connectivity index (χ1n) is 12.5. The van der Waals surface area contributed by atoms with E-state index in [1.54, 1.807) is 48.5 Å². The SMILES string of the molecule is COC(=O)CCc1cc(Cl)c(OCCCOCCOc2c(Cl)cc(Nc3ccccc3C(=O)OC)cc2Cl)c(Cl)c1. The number of carbonyl (C=O) groups excluding carboxylic acids is 2. The molecule has 0 fully saturated rings. The first-order chi connectivity index (χ1) is 19.7. The number of halogens is 4. The molecule has 0 bridgehead atoms. The van der Waals surface area contributed by atoms with Gasteiger partial charge in [0.2, 0.25) is 0 Å². The highest BCUT2D eigenvalue weighted by atomic mass is 35.5. The predicted molar refractivity (Wildman–Crippen MR) is 161 cm³/mol. The summed E-state index contributed by atoms with van der Waals surface area (Å²) in [6, 6.07) is 13.7. The molecular weight excluding hydrogens is 616 g/mol. The normalized spacial score (nSPS) is 10.7. The van der Waals surface area contributed by atoms with Crippen molar-refractivity contribution in [1.82, 2.24) is 0 Å². The number of aryl methyl sites for hydroxylation is 1. The minimum absolute atomic E-state index is 0.225. The van der Waals surface area contributed by atoms with E-state index in [1.165, 1.54) is 14.2 Å². The first kappa shape index (κ1) is 32.6. The van der Waals surface area contributed by atoms with Crippen molar-refractivity contribution in [2.45, 2.75) is 19.3 Å². The third-order valence-electron chi connectivity index (χ3n) is 5.67. The van der Waals surface area contributed by atoms with Crippen LogP contribution in [0.15, 0.2) is 48.5 Å². The summed E-state index contributed by atoms with van der Waals surface area (Å²) in [6.07, 6.45) is 1.29. The molecule has 0 amide bonds. The van der Waals surface area contributed by atoms with Gasteiger partial charge in [0, 0.05) is 25.1 Å². The summed E-state index contributed by atoms with van der Waals surface area (Å²) in [4.78, 5) is 23.4. The number of hydrogen-bond acceptors (Lipinski definition) is 8. The molecule has 41 heavy (non-hydrogen) atoms. The fourth-order valence-corrected chi connectivity index (χ4v) is 4.93. The fourth-order valence-electron chi connectivity index (χ4n) is 3.69. The molecule has 220 valence electrons. The van der Waals surface area contributed by atoms with Crippen LogP contribution in [0, 0.1) is 0 Å². The monoisotopic (exact) mass is 643 g/mol. The number of para-hydroxylation sites is 1. The van der Waals surface area contributed by atoms with Gasteiger partial charge < -0.3 is 29.0 Å². The predicted octanol–water partition coefficient (Wildman–Crippen LogP) is 7.80. The maximum absolute atomic E-state index is 12.0. The van der Waals surface area contributed by atoms with E-state index in [9.17, 15) is 9.59 Å². The standard InChI is InChI=1S/C29H29Cl4NO7/c1-37-26(35)9-8-18-14-21(30)27(22(31)15-18)40-11-5-10-39-12-13-41-28-23(32)16-19(17-24(28)33)34-25-7-4-3-6-20(25)29(36)38-2/h3-4,6-7,14-17,34H,5,8-13H2,1-2H3. The lowest BCUT2D eigenvalue weighted by Crippen LogP contribution is -2.10. The summed E-state index contributed by atoms with van der Waals surface area (Å²) in [6.45, 7) is 1.28. The number of benzene rings is 3. The third kappa shape index (κ3) is 9.87. The number of methoxy groups -OCH3 is 2. The number of ether oxygens (including phenoxy) is 5. The molecule has 0 aromatic heterocycles. The Kier molecular flexibility index (Phi) is 13.2. The molecule has 0 unspecified atom stereocenters. The van der Waals surface area contributed by atoms with E-state index in [1.807, 2.05) is 0 Å². The van der Waals surface area contributed by atoms with Crippen molar-refractivity contribution in [3.05, 3.63) is 79.7 Å². The highest BCUT2D eigenvalue weighted by Crippen LogP contribution is 2.37. The Morgan fingerprint density at radius 3 is 2.00 bits per heavy atom. The molecule has 0 aliphatic carbocycles. The molecule has 3 rings (SSSR count). The van der Waals surface area contributed by atoms with Gasteiger partial charge in [-0.2, -0.15) is 0 Å². The van der Waals surface area contributed by atoms with Crippen LogP contribution in [0.25, 0.3) is 0 Å². The zero-order chi connectivity index (χ0) is 29.8. The van der Waals surface area contributed by atoms with Gasteiger partial charge in [-0.25, -0.2) is 4.79 Å². The second kappa shape index (κ2) is 16.5. The maximum Gasteiger partial charge on any atom is 0.339 e. The molecule has 0 aliphatic rings. The number of anilines is 2. The molecule has 0 radical (unpaired) electrons. The number of esters is 2. The zero-order valence-corrected chi connectivity index (χ0v) is 25.5. The van der Waals surface area contributed by atoms with Gasteiger partial charge in [-0.05, 0) is 48.4 Å². The van der Waals surface area contributed by atoms with Crippen LogP contribution in [0.5, 0.6) is 11.5 Å². The number of rotatable bonds is 15. The Hall–Kier alpha value is -2.88. The van der Waals surface area contributed by atoms with Crippen molar-refractivity contribution in [1.29, 1.82) is 0 Å². The van der Waals surface area contributed by atoms with E-state index in [0.29, 0.717) is 81.2 Å². The second-order valence-corrected chi connectivity index (χ2v) is 10.2. The summed E-state index contributed by atoms with van der Waals surface area (Å²) in [5.74, 6) is -0.0621. The summed E-state index contributed by atoms with van der Waals surface area (Å²) < 4.78 is 26.5. The molecular formula is C29H29Cl4NO7. The molecule has 0 saturated carbocycles. The van der Waals surface area contributed by atoms with Crippen LogP contribution in [0.3, 0.4) is 0 Å². The molecule has 0 aliphatic heterocycles. The quantitative estimate of drug-likeness (QED) is 0.132. The van der Waals surface area contributed by atoms with E-state index in [-0.39, 0.29) is 19.0 Å². The number of hydrogen-bond donors (Lipinski definition) is 1. The minimum atomic E-state index is -0.466. The first-order valence-corrected chi connectivity index (χ1v) is 14.1. The van der Waals surface area contributed by atoms with Crippen LogP contribution in [-0.4, -0.2) is 52.6 Å². The van der Waals surface area contributed by atoms with Crippen molar-refractivity contribution < 1.29 is 33.3 Å². The van der Waals surface area contributed by atoms with Crippen molar-refractivity contribution in [2.24, 2.45) is 0 Å². The van der Waals surface area contributed by atoms with Crippen molar-refractivity contribution in [3.8, 4) is 11.5 Å². The van der Waals surface area contributed by atoms with Crippen LogP contribution in [0.2, 0.25) is 20.1 Å². The summed E-state index contributed by atoms with van der Waals surface area (Å²) in [5.41, 5.74) is 2.32. The second-order valence-electron chi connectivity index (χ2n) is 8.56. The van der Waals surface area contributed by atoms with Gasteiger partial charge in [0.15, 0.2) is 11.5 Å². The zero-order valence-electron chi connectivity index (χ0n) is 22.4. The van der Waals surface area contributed by atoms with E-state index >= 15 is 0 Å². The molecule has 0 heterocycles. The van der Waals surface area contributed by atoms with Crippen molar-refractivity contribution in [3.63, 3.8) is 0 Å². The third-order valence-corrected chi connectivity index (χ3v) is 6.79. The van der Waals surface area contributed by atoms with Gasteiger partial charge in [-0.3, -0.25) is 4.79 Å². The molecule has 0 atom stereocenters. The molecule has 8 nitrogen and oxygen atoms in total. The van der Waals surface area contributed by atoms with Crippen LogP contribution < -0.4 is 14.8 Å². The minimum Gasteiger partial charge on any atom is -0.490 e. The van der Waals surface area contributed by atoms with Crippen LogP contribution in [-0.2, 0) is 25.4 Å². The van der Waals surface area contributed by atoms with Gasteiger partial charge in [0.1, 0.15) is 6.61 Å². The maximum atomic E-state index is 12.0. The molecule has 0 saturated heterocycles. The topological polar surface area (TPSA) is 92.3 Å². The Bertz CT molecular complexity index is 1310. The van der Waals surface area contributed by atoms with Gasteiger partial charge in [0.05, 0.1) is 58.8 Å². The lowest BCUT2D eigenvalue weighted by Gasteiger charge is -2.15. The van der Waals surface area contributed by atoms with Gasteiger partial charge in [-0.1, -0.05) is 58.5 Å². The average molecular weight is 645 g/mol. The van der Waals surface area contributed by atoms with E-state index < -0.39 is 5.97 Å². The van der Waals surface area contributed by atoms with E-state index in [2.05, 4.69) is 10.1 Å². The molecule has 3 aromatic carbocycles. The lowest BCUT2D eigenvalue weighted by molar-refractivity contribution is -0.140. The average Bonchev–Trinajstić information content (AvgIpc) is 2.95. The molecule has 12 heteroatoms. The summed E-state index contributed by atoms with van der Waals surface area (Å²) in [5, 5.41) is 4.47. The molecule has 0 spiro atoms. The largest absolute Gasteiger partial charge is 0.490 e. The Labute approximate surface area is 258 Å². The number of nitrogens with one attached hydrogen (secondary N) is 1. The Morgan fingerprint density at radius 1 is 0.756 bits per heavy atom.